The topological polar surface area (TPSA) is 9.23 Å². The van der Waals surface area contributed by atoms with Crippen molar-refractivity contribution < 1.29 is 17.9 Å². The molecule has 0 N–H and O–H groups in total. The highest BCUT2D eigenvalue weighted by atomic mass is 19.2. The van der Waals surface area contributed by atoms with Crippen LogP contribution in [0.15, 0.2) is 36.4 Å². The lowest BCUT2D eigenvalue weighted by atomic mass is 9.78. The van der Waals surface area contributed by atoms with E-state index in [2.05, 4.69) is 13.0 Å². The number of benzene rings is 2. The van der Waals surface area contributed by atoms with Crippen molar-refractivity contribution in [2.45, 2.75) is 77.6 Å². The summed E-state index contributed by atoms with van der Waals surface area (Å²) in [5.74, 6) is -1.41. The first-order valence-corrected chi connectivity index (χ1v) is 12.0. The molecule has 0 amide bonds. The zero-order valence-corrected chi connectivity index (χ0v) is 19.3. The number of ether oxygens (including phenoxy) is 1. The van der Waals surface area contributed by atoms with Gasteiger partial charge in [-0.2, -0.15) is 4.39 Å². The molecular formula is C28H35F3O. The van der Waals surface area contributed by atoms with Gasteiger partial charge in [0.25, 0.3) is 0 Å². The van der Waals surface area contributed by atoms with Crippen LogP contribution in [0.5, 0.6) is 5.75 Å². The van der Waals surface area contributed by atoms with Crippen molar-refractivity contribution in [2.24, 2.45) is 5.92 Å². The lowest BCUT2D eigenvalue weighted by Crippen LogP contribution is -2.14. The number of allylic oxidation sites excluding steroid dienone is 1. The number of unbranched alkanes of at least 4 members (excludes halogenated alkanes) is 4. The fraction of sp³-hybridized carbons (Fsp3) is 0.500. The predicted octanol–water partition coefficient (Wildman–Crippen LogP) is 8.75. The lowest BCUT2D eigenvalue weighted by molar-refractivity contribution is 0.283. The summed E-state index contributed by atoms with van der Waals surface area (Å²) in [6.45, 7) is 4.33. The van der Waals surface area contributed by atoms with Gasteiger partial charge in [-0.05, 0) is 79.7 Å². The summed E-state index contributed by atoms with van der Waals surface area (Å²) in [5, 5.41) is 0. The molecule has 1 aliphatic carbocycles. The fourth-order valence-electron chi connectivity index (χ4n) is 4.44. The van der Waals surface area contributed by atoms with Crippen molar-refractivity contribution in [3.63, 3.8) is 0 Å². The van der Waals surface area contributed by atoms with Gasteiger partial charge >= 0.3 is 0 Å². The van der Waals surface area contributed by atoms with E-state index in [9.17, 15) is 13.2 Å². The molecule has 3 rings (SSSR count). The van der Waals surface area contributed by atoms with E-state index in [1.165, 1.54) is 12.8 Å². The van der Waals surface area contributed by atoms with E-state index in [0.717, 1.165) is 50.5 Å². The smallest absolute Gasteiger partial charge is 0.200 e. The molecule has 1 saturated carbocycles. The Labute approximate surface area is 190 Å². The predicted molar refractivity (Wildman–Crippen MR) is 125 cm³/mol. The molecule has 1 aliphatic rings. The first-order chi connectivity index (χ1) is 15.5. The highest BCUT2D eigenvalue weighted by Gasteiger charge is 2.25. The molecule has 1 nitrogen and oxygen atoms in total. The summed E-state index contributed by atoms with van der Waals surface area (Å²) in [5.41, 5.74) is 1.95. The Kier molecular flexibility index (Phi) is 9.25. The monoisotopic (exact) mass is 444 g/mol. The first-order valence-electron chi connectivity index (χ1n) is 12.0. The average molecular weight is 445 g/mol. The third-order valence-electron chi connectivity index (χ3n) is 6.55. The summed E-state index contributed by atoms with van der Waals surface area (Å²) in [6, 6.07) is 8.51. The molecule has 1 fully saturated rings. The standard InChI is InChI=1S/C28H35F3O/c1-3-4-5-6-7-18-32-26-17-16-24(27(30)28(26)31)23-14-12-21(13-15-23)10-11-22-9-8-20(2)25(29)19-22/h8-11,16-17,19,21,23H,3-7,12-15,18H2,1-2H3/b11-10+. The van der Waals surface area contributed by atoms with Gasteiger partial charge in [0.1, 0.15) is 5.82 Å². The normalized spacial score (nSPS) is 18.9. The van der Waals surface area contributed by atoms with Crippen LogP contribution in [0.1, 0.15) is 87.3 Å². The van der Waals surface area contributed by atoms with Gasteiger partial charge in [-0.3, -0.25) is 0 Å². The van der Waals surface area contributed by atoms with Gasteiger partial charge in [-0.25, -0.2) is 8.78 Å². The summed E-state index contributed by atoms with van der Waals surface area (Å²) >= 11 is 0. The van der Waals surface area contributed by atoms with E-state index in [4.69, 9.17) is 4.74 Å². The van der Waals surface area contributed by atoms with Crippen molar-refractivity contribution in [3.05, 3.63) is 70.5 Å². The summed E-state index contributed by atoms with van der Waals surface area (Å²) < 4.78 is 48.5. The number of halogens is 3. The highest BCUT2D eigenvalue weighted by Crippen LogP contribution is 2.39. The maximum absolute atomic E-state index is 14.8. The quantitative estimate of drug-likeness (QED) is 0.333. The molecule has 2 aromatic carbocycles. The van der Waals surface area contributed by atoms with Crippen molar-refractivity contribution in [3.8, 4) is 5.75 Å². The van der Waals surface area contributed by atoms with Gasteiger partial charge in [0.15, 0.2) is 11.6 Å². The fourth-order valence-corrected chi connectivity index (χ4v) is 4.44. The molecule has 0 saturated heterocycles. The second kappa shape index (κ2) is 12.1. The minimum absolute atomic E-state index is 0.0173. The number of hydrogen-bond acceptors (Lipinski definition) is 1. The Hall–Kier alpha value is -2.23. The van der Waals surface area contributed by atoms with Crippen molar-refractivity contribution in [1.29, 1.82) is 0 Å². The van der Waals surface area contributed by atoms with Crippen LogP contribution >= 0.6 is 0 Å². The lowest BCUT2D eigenvalue weighted by Gasteiger charge is -2.27. The molecule has 4 heteroatoms. The Balaban J connectivity index is 1.51. The molecular weight excluding hydrogens is 409 g/mol. The van der Waals surface area contributed by atoms with Crippen LogP contribution in [0.25, 0.3) is 6.08 Å². The van der Waals surface area contributed by atoms with E-state index in [1.807, 2.05) is 12.1 Å². The third kappa shape index (κ3) is 6.63. The van der Waals surface area contributed by atoms with Crippen LogP contribution in [0.2, 0.25) is 0 Å². The third-order valence-corrected chi connectivity index (χ3v) is 6.55. The second-order valence-corrected chi connectivity index (χ2v) is 9.02. The minimum Gasteiger partial charge on any atom is -0.490 e. The van der Waals surface area contributed by atoms with E-state index < -0.39 is 11.6 Å². The molecule has 0 atom stereocenters. The SMILES string of the molecule is CCCCCCCOc1ccc(C2CCC(/C=C/c3ccc(C)c(F)c3)CC2)c(F)c1F. The van der Waals surface area contributed by atoms with Gasteiger partial charge < -0.3 is 4.74 Å². The van der Waals surface area contributed by atoms with E-state index >= 15 is 0 Å². The molecule has 32 heavy (non-hydrogen) atoms. The van der Waals surface area contributed by atoms with Gasteiger partial charge in [0.2, 0.25) is 5.82 Å². The maximum Gasteiger partial charge on any atom is 0.200 e. The average Bonchev–Trinajstić information content (AvgIpc) is 2.80. The minimum atomic E-state index is -0.862. The van der Waals surface area contributed by atoms with Crippen LogP contribution in [-0.2, 0) is 0 Å². The van der Waals surface area contributed by atoms with Crippen LogP contribution in [0.4, 0.5) is 13.2 Å². The molecule has 0 radical (unpaired) electrons. The van der Waals surface area contributed by atoms with Gasteiger partial charge in [0.05, 0.1) is 6.61 Å². The van der Waals surface area contributed by atoms with Crippen LogP contribution in [-0.4, -0.2) is 6.61 Å². The molecule has 0 aliphatic heterocycles. The summed E-state index contributed by atoms with van der Waals surface area (Å²) in [7, 11) is 0. The van der Waals surface area contributed by atoms with E-state index in [1.54, 1.807) is 31.2 Å². The molecule has 0 bridgehead atoms. The van der Waals surface area contributed by atoms with Gasteiger partial charge in [-0.1, -0.05) is 63.0 Å². The number of hydrogen-bond donors (Lipinski definition) is 0. The number of aryl methyl sites for hydroxylation is 1. The zero-order valence-electron chi connectivity index (χ0n) is 19.3. The first kappa shape index (κ1) is 24.4. The Morgan fingerprint density at radius 3 is 2.38 bits per heavy atom. The van der Waals surface area contributed by atoms with Crippen LogP contribution < -0.4 is 4.74 Å². The Bertz CT molecular complexity index is 898. The van der Waals surface area contributed by atoms with Crippen LogP contribution in [0.3, 0.4) is 0 Å². The second-order valence-electron chi connectivity index (χ2n) is 9.02. The molecule has 0 heterocycles. The van der Waals surface area contributed by atoms with Crippen molar-refractivity contribution in [2.75, 3.05) is 6.61 Å². The van der Waals surface area contributed by atoms with Crippen molar-refractivity contribution in [1.82, 2.24) is 0 Å². The van der Waals surface area contributed by atoms with E-state index in [-0.39, 0.29) is 17.5 Å². The Morgan fingerprint density at radius 1 is 0.906 bits per heavy atom. The number of rotatable bonds is 10. The Morgan fingerprint density at radius 2 is 1.66 bits per heavy atom. The molecule has 2 aromatic rings. The maximum atomic E-state index is 14.8. The molecule has 174 valence electrons. The zero-order chi connectivity index (χ0) is 22.9. The summed E-state index contributed by atoms with van der Waals surface area (Å²) in [6.07, 6.45) is 12.9. The van der Waals surface area contributed by atoms with E-state index in [0.29, 0.717) is 23.7 Å². The summed E-state index contributed by atoms with van der Waals surface area (Å²) in [4.78, 5) is 0. The van der Waals surface area contributed by atoms with Crippen LogP contribution in [0, 0.1) is 30.3 Å². The highest BCUT2D eigenvalue weighted by molar-refractivity contribution is 5.50. The largest absolute Gasteiger partial charge is 0.490 e. The van der Waals surface area contributed by atoms with Gasteiger partial charge in [-0.15, -0.1) is 0 Å². The molecule has 0 spiro atoms. The molecule has 0 aromatic heterocycles. The van der Waals surface area contributed by atoms with Crippen molar-refractivity contribution >= 4 is 6.08 Å². The molecule has 0 unspecified atom stereocenters. The van der Waals surface area contributed by atoms with Gasteiger partial charge in [0, 0.05) is 0 Å².